The standard InChI is InChI=1S/C23H23FN2O4S/c1-25-14-16-12-21(18-6-3-4-7-20(18)24)26(15-16)31(27,28)23-9-5-8-22-19(23)13-17(30-22)10-11-29-2/h3-9,12-13,15,25H,10-11,14H2,1-2H3. The Bertz CT molecular complexity index is 1320. The van der Waals surface area contributed by atoms with Crippen LogP contribution in [0.15, 0.2) is 70.1 Å². The Morgan fingerprint density at radius 1 is 1.13 bits per heavy atom. The van der Waals surface area contributed by atoms with Gasteiger partial charge in [-0.3, -0.25) is 0 Å². The van der Waals surface area contributed by atoms with Crippen LogP contribution in [0.2, 0.25) is 0 Å². The molecular weight excluding hydrogens is 419 g/mol. The van der Waals surface area contributed by atoms with Gasteiger partial charge in [0.25, 0.3) is 10.0 Å². The Kier molecular flexibility index (Phi) is 5.95. The number of furan rings is 1. The van der Waals surface area contributed by atoms with Crippen molar-refractivity contribution in [2.75, 3.05) is 20.8 Å². The average Bonchev–Trinajstić information content (AvgIpc) is 3.37. The van der Waals surface area contributed by atoms with Crippen LogP contribution < -0.4 is 5.32 Å². The topological polar surface area (TPSA) is 73.5 Å². The highest BCUT2D eigenvalue weighted by Gasteiger charge is 2.26. The maximum atomic E-state index is 14.6. The van der Waals surface area contributed by atoms with E-state index in [0.29, 0.717) is 36.3 Å². The van der Waals surface area contributed by atoms with E-state index in [1.54, 1.807) is 56.6 Å². The summed E-state index contributed by atoms with van der Waals surface area (Å²) in [4.78, 5) is 0.0987. The number of ether oxygens (including phenoxy) is 1. The van der Waals surface area contributed by atoms with Crippen LogP contribution in [-0.2, 0) is 27.7 Å². The van der Waals surface area contributed by atoms with Crippen molar-refractivity contribution in [2.24, 2.45) is 0 Å². The molecule has 2 heterocycles. The third-order valence-corrected chi connectivity index (χ3v) is 6.77. The molecule has 0 saturated carbocycles. The summed E-state index contributed by atoms with van der Waals surface area (Å²) in [5.41, 5.74) is 1.68. The van der Waals surface area contributed by atoms with Gasteiger partial charge in [-0.05, 0) is 49.0 Å². The lowest BCUT2D eigenvalue weighted by molar-refractivity contribution is 0.197. The molecule has 2 aromatic carbocycles. The molecule has 4 aromatic rings. The predicted octanol–water partition coefficient (Wildman–Crippen LogP) is 4.19. The Balaban J connectivity index is 1.90. The fraction of sp³-hybridized carbons (Fsp3) is 0.217. The molecule has 0 spiro atoms. The Morgan fingerprint density at radius 2 is 1.94 bits per heavy atom. The Hall–Kier alpha value is -2.94. The number of hydrogen-bond acceptors (Lipinski definition) is 5. The summed E-state index contributed by atoms with van der Waals surface area (Å²) in [6.07, 6.45) is 2.05. The average molecular weight is 443 g/mol. The van der Waals surface area contributed by atoms with Crippen molar-refractivity contribution in [3.05, 3.63) is 77.9 Å². The maximum absolute atomic E-state index is 14.6. The lowest BCUT2D eigenvalue weighted by Crippen LogP contribution is -2.14. The molecule has 6 nitrogen and oxygen atoms in total. The van der Waals surface area contributed by atoms with E-state index < -0.39 is 15.8 Å². The summed E-state index contributed by atoms with van der Waals surface area (Å²) in [6, 6.07) is 14.5. The number of fused-ring (bicyclic) bond motifs is 1. The van der Waals surface area contributed by atoms with E-state index in [4.69, 9.17) is 9.15 Å². The number of aromatic nitrogens is 1. The SMILES string of the molecule is CNCc1cc(-c2ccccc2F)n(S(=O)(=O)c2cccc3oc(CCOC)cc23)c1. The molecule has 0 unspecified atom stereocenters. The second-order valence-electron chi connectivity index (χ2n) is 7.17. The summed E-state index contributed by atoms with van der Waals surface area (Å²) in [6.45, 7) is 0.908. The first-order chi connectivity index (χ1) is 15.0. The number of nitrogens with zero attached hydrogens (tertiary/aromatic N) is 1. The molecule has 0 saturated heterocycles. The molecule has 4 rings (SSSR count). The number of rotatable bonds is 8. The molecule has 0 atom stereocenters. The number of benzene rings is 2. The van der Waals surface area contributed by atoms with E-state index in [1.165, 1.54) is 18.3 Å². The van der Waals surface area contributed by atoms with Crippen LogP contribution in [0.3, 0.4) is 0 Å². The molecular formula is C23H23FN2O4S. The van der Waals surface area contributed by atoms with Gasteiger partial charge in [0.15, 0.2) is 0 Å². The van der Waals surface area contributed by atoms with Gasteiger partial charge in [0, 0.05) is 37.2 Å². The summed E-state index contributed by atoms with van der Waals surface area (Å²) in [5, 5.41) is 3.49. The summed E-state index contributed by atoms with van der Waals surface area (Å²) in [7, 11) is -0.674. The Morgan fingerprint density at radius 3 is 2.68 bits per heavy atom. The molecule has 0 amide bonds. The van der Waals surface area contributed by atoms with Crippen molar-refractivity contribution in [1.82, 2.24) is 9.29 Å². The fourth-order valence-electron chi connectivity index (χ4n) is 3.61. The van der Waals surface area contributed by atoms with Crippen molar-refractivity contribution in [3.63, 3.8) is 0 Å². The van der Waals surface area contributed by atoms with Crippen molar-refractivity contribution >= 4 is 21.0 Å². The van der Waals surface area contributed by atoms with Crippen LogP contribution in [-0.4, -0.2) is 33.2 Å². The molecule has 0 aliphatic heterocycles. The van der Waals surface area contributed by atoms with E-state index in [1.807, 2.05) is 0 Å². The molecule has 2 aromatic heterocycles. The minimum atomic E-state index is -4.03. The van der Waals surface area contributed by atoms with Gasteiger partial charge in [0.05, 0.1) is 17.2 Å². The summed E-state index contributed by atoms with van der Waals surface area (Å²) >= 11 is 0. The number of nitrogens with one attached hydrogen (secondary N) is 1. The van der Waals surface area contributed by atoms with E-state index in [9.17, 15) is 12.8 Å². The highest BCUT2D eigenvalue weighted by Crippen LogP contribution is 2.33. The summed E-state index contributed by atoms with van der Waals surface area (Å²) in [5.74, 6) is 0.147. The van der Waals surface area contributed by atoms with Crippen LogP contribution >= 0.6 is 0 Å². The van der Waals surface area contributed by atoms with Gasteiger partial charge in [0.2, 0.25) is 0 Å². The van der Waals surface area contributed by atoms with Crippen LogP contribution in [0.25, 0.3) is 22.2 Å². The highest BCUT2D eigenvalue weighted by molar-refractivity contribution is 7.90. The molecule has 1 N–H and O–H groups in total. The zero-order chi connectivity index (χ0) is 22.0. The smallest absolute Gasteiger partial charge is 0.268 e. The van der Waals surface area contributed by atoms with E-state index in [-0.39, 0.29) is 16.2 Å². The minimum Gasteiger partial charge on any atom is -0.461 e. The second-order valence-corrected chi connectivity index (χ2v) is 8.95. The number of methoxy groups -OCH3 is 1. The number of hydrogen-bond donors (Lipinski definition) is 1. The van der Waals surface area contributed by atoms with Gasteiger partial charge < -0.3 is 14.5 Å². The first kappa shape index (κ1) is 21.3. The number of halogens is 1. The normalized spacial score (nSPS) is 12.0. The fourth-order valence-corrected chi connectivity index (χ4v) is 5.19. The third kappa shape index (κ3) is 4.01. The molecule has 0 radical (unpaired) electrons. The van der Waals surface area contributed by atoms with Crippen LogP contribution in [0.4, 0.5) is 4.39 Å². The molecule has 0 bridgehead atoms. The molecule has 0 aliphatic rings. The van der Waals surface area contributed by atoms with Gasteiger partial charge in [-0.15, -0.1) is 0 Å². The zero-order valence-electron chi connectivity index (χ0n) is 17.3. The van der Waals surface area contributed by atoms with Gasteiger partial charge in [-0.2, -0.15) is 0 Å². The highest BCUT2D eigenvalue weighted by atomic mass is 32.2. The molecule has 0 aliphatic carbocycles. The van der Waals surface area contributed by atoms with E-state index in [0.717, 1.165) is 9.54 Å². The van der Waals surface area contributed by atoms with Gasteiger partial charge in [0.1, 0.15) is 17.2 Å². The monoisotopic (exact) mass is 442 g/mol. The van der Waals surface area contributed by atoms with Gasteiger partial charge >= 0.3 is 0 Å². The van der Waals surface area contributed by atoms with Crippen molar-refractivity contribution < 1.29 is 22.0 Å². The predicted molar refractivity (Wildman–Crippen MR) is 117 cm³/mol. The lowest BCUT2D eigenvalue weighted by atomic mass is 10.1. The van der Waals surface area contributed by atoms with Crippen molar-refractivity contribution in [3.8, 4) is 11.3 Å². The van der Waals surface area contributed by atoms with Gasteiger partial charge in [-0.1, -0.05) is 18.2 Å². The van der Waals surface area contributed by atoms with Crippen molar-refractivity contribution in [2.45, 2.75) is 17.9 Å². The van der Waals surface area contributed by atoms with Gasteiger partial charge in [-0.25, -0.2) is 16.8 Å². The largest absolute Gasteiger partial charge is 0.461 e. The minimum absolute atomic E-state index is 0.0987. The van der Waals surface area contributed by atoms with E-state index in [2.05, 4.69) is 5.32 Å². The second kappa shape index (κ2) is 8.66. The first-order valence-electron chi connectivity index (χ1n) is 9.82. The molecule has 31 heavy (non-hydrogen) atoms. The Labute approximate surface area is 180 Å². The van der Waals surface area contributed by atoms with Crippen LogP contribution in [0.1, 0.15) is 11.3 Å². The quantitative estimate of drug-likeness (QED) is 0.443. The summed E-state index contributed by atoms with van der Waals surface area (Å²) < 4.78 is 54.1. The lowest BCUT2D eigenvalue weighted by Gasteiger charge is -2.12. The molecule has 162 valence electrons. The zero-order valence-corrected chi connectivity index (χ0v) is 18.1. The van der Waals surface area contributed by atoms with Crippen LogP contribution in [0.5, 0.6) is 0 Å². The molecule has 0 fully saturated rings. The first-order valence-corrected chi connectivity index (χ1v) is 11.3. The molecule has 8 heteroatoms. The van der Waals surface area contributed by atoms with Crippen molar-refractivity contribution in [1.29, 1.82) is 0 Å². The third-order valence-electron chi connectivity index (χ3n) is 5.04. The maximum Gasteiger partial charge on any atom is 0.268 e. The van der Waals surface area contributed by atoms with Crippen LogP contribution in [0, 0.1) is 5.82 Å². The van der Waals surface area contributed by atoms with E-state index >= 15 is 0 Å².